The van der Waals surface area contributed by atoms with Gasteiger partial charge in [0.25, 0.3) is 0 Å². The molecular weight excluding hydrogens is 226 g/mol. The van der Waals surface area contributed by atoms with Crippen LogP contribution >= 0.6 is 0 Å². The highest BCUT2D eigenvalue weighted by Gasteiger charge is 2.00. The largest absolute Gasteiger partial charge is 0.338 e. The van der Waals surface area contributed by atoms with Crippen molar-refractivity contribution >= 4 is 11.7 Å². The van der Waals surface area contributed by atoms with Crippen LogP contribution in [-0.2, 0) is 0 Å². The predicted octanol–water partition coefficient (Wildman–Crippen LogP) is 2.89. The second-order valence-corrected chi connectivity index (χ2v) is 3.80. The summed E-state index contributed by atoms with van der Waals surface area (Å²) in [5.41, 5.74) is 2.98. The molecule has 0 atom stereocenters. The number of nitrogens with zero attached hydrogens (tertiary/aromatic N) is 1. The van der Waals surface area contributed by atoms with Crippen LogP contribution in [0, 0.1) is 0 Å². The van der Waals surface area contributed by atoms with E-state index in [4.69, 9.17) is 0 Å². The van der Waals surface area contributed by atoms with E-state index in [0.29, 0.717) is 6.54 Å². The van der Waals surface area contributed by atoms with E-state index in [9.17, 15) is 4.79 Å². The number of amides is 2. The van der Waals surface area contributed by atoms with Crippen LogP contribution in [0.3, 0.4) is 0 Å². The van der Waals surface area contributed by atoms with Crippen LogP contribution in [-0.4, -0.2) is 17.6 Å². The molecule has 0 aliphatic rings. The number of hydrogen-bond acceptors (Lipinski definition) is 2. The first-order valence-corrected chi connectivity index (χ1v) is 5.85. The van der Waals surface area contributed by atoms with Gasteiger partial charge in [0.1, 0.15) is 0 Å². The van der Waals surface area contributed by atoms with Crippen molar-refractivity contribution in [1.82, 2.24) is 10.3 Å². The minimum absolute atomic E-state index is 0.186. The van der Waals surface area contributed by atoms with E-state index in [2.05, 4.69) is 15.6 Å². The molecule has 2 rings (SSSR count). The van der Waals surface area contributed by atoms with Gasteiger partial charge < -0.3 is 10.6 Å². The molecule has 0 aliphatic heterocycles. The molecule has 0 saturated carbocycles. The lowest BCUT2D eigenvalue weighted by Crippen LogP contribution is -2.28. The van der Waals surface area contributed by atoms with Crippen molar-refractivity contribution in [3.05, 3.63) is 48.8 Å². The quantitative estimate of drug-likeness (QED) is 0.868. The molecule has 0 bridgehead atoms. The SMILES string of the molecule is CCNC(=O)Nc1ccc(-c2ccncc2)cc1. The summed E-state index contributed by atoms with van der Waals surface area (Å²) in [5, 5.41) is 5.44. The van der Waals surface area contributed by atoms with E-state index in [1.165, 1.54) is 0 Å². The van der Waals surface area contributed by atoms with Gasteiger partial charge in [-0.1, -0.05) is 12.1 Å². The fourth-order valence-electron chi connectivity index (χ4n) is 1.63. The monoisotopic (exact) mass is 241 g/mol. The van der Waals surface area contributed by atoms with Gasteiger partial charge in [0, 0.05) is 24.6 Å². The van der Waals surface area contributed by atoms with Crippen LogP contribution in [0.4, 0.5) is 10.5 Å². The van der Waals surface area contributed by atoms with Gasteiger partial charge in [0.15, 0.2) is 0 Å². The number of urea groups is 1. The average molecular weight is 241 g/mol. The Morgan fingerprint density at radius 3 is 2.28 bits per heavy atom. The molecule has 4 nitrogen and oxygen atoms in total. The highest BCUT2D eigenvalue weighted by molar-refractivity contribution is 5.89. The Morgan fingerprint density at radius 1 is 1.06 bits per heavy atom. The molecule has 2 amide bonds. The molecule has 0 fully saturated rings. The van der Waals surface area contributed by atoms with Crippen LogP contribution in [0.2, 0.25) is 0 Å². The first-order valence-electron chi connectivity index (χ1n) is 5.85. The van der Waals surface area contributed by atoms with E-state index >= 15 is 0 Å². The molecule has 2 N–H and O–H groups in total. The lowest BCUT2D eigenvalue weighted by Gasteiger charge is -2.07. The second kappa shape index (κ2) is 5.82. The number of anilines is 1. The van der Waals surface area contributed by atoms with Crippen LogP contribution in [0.15, 0.2) is 48.8 Å². The number of pyridine rings is 1. The zero-order valence-electron chi connectivity index (χ0n) is 10.2. The highest BCUT2D eigenvalue weighted by atomic mass is 16.2. The molecule has 2 aromatic rings. The van der Waals surface area contributed by atoms with Gasteiger partial charge >= 0.3 is 6.03 Å². The Morgan fingerprint density at radius 2 is 1.67 bits per heavy atom. The maximum absolute atomic E-state index is 11.3. The third-order valence-corrected chi connectivity index (χ3v) is 2.49. The average Bonchev–Trinajstić information content (AvgIpc) is 2.41. The molecule has 0 aliphatic carbocycles. The van der Waals surface area contributed by atoms with Gasteiger partial charge in [-0.25, -0.2) is 4.79 Å². The second-order valence-electron chi connectivity index (χ2n) is 3.80. The Balaban J connectivity index is 2.09. The summed E-state index contributed by atoms with van der Waals surface area (Å²) in [7, 11) is 0. The number of benzene rings is 1. The molecule has 92 valence electrons. The van der Waals surface area contributed by atoms with E-state index in [0.717, 1.165) is 16.8 Å². The third kappa shape index (κ3) is 3.07. The standard InChI is InChI=1S/C14H15N3O/c1-2-16-14(18)17-13-5-3-11(4-6-13)12-7-9-15-10-8-12/h3-10H,2H2,1H3,(H2,16,17,18). The number of rotatable bonds is 3. The molecule has 4 heteroatoms. The zero-order chi connectivity index (χ0) is 12.8. The van der Waals surface area contributed by atoms with Crippen LogP contribution in [0.25, 0.3) is 11.1 Å². The molecule has 1 aromatic heterocycles. The molecule has 0 radical (unpaired) electrons. The van der Waals surface area contributed by atoms with Gasteiger partial charge in [-0.3, -0.25) is 4.98 Å². The molecule has 0 saturated heterocycles. The Labute approximate surface area is 106 Å². The summed E-state index contributed by atoms with van der Waals surface area (Å²) in [6, 6.07) is 11.4. The highest BCUT2D eigenvalue weighted by Crippen LogP contribution is 2.20. The fraction of sp³-hybridized carbons (Fsp3) is 0.143. The minimum atomic E-state index is -0.186. The summed E-state index contributed by atoms with van der Waals surface area (Å²) in [5.74, 6) is 0. The maximum Gasteiger partial charge on any atom is 0.319 e. The lowest BCUT2D eigenvalue weighted by atomic mass is 10.1. The fourth-order valence-corrected chi connectivity index (χ4v) is 1.63. The number of hydrogen-bond donors (Lipinski definition) is 2. The molecule has 1 aromatic carbocycles. The van der Waals surface area contributed by atoms with Gasteiger partial charge in [-0.2, -0.15) is 0 Å². The van der Waals surface area contributed by atoms with Crippen molar-refractivity contribution in [3.63, 3.8) is 0 Å². The topological polar surface area (TPSA) is 54.0 Å². The Kier molecular flexibility index (Phi) is 3.91. The Bertz CT molecular complexity index is 508. The summed E-state index contributed by atoms with van der Waals surface area (Å²) in [6.45, 7) is 2.49. The number of aromatic nitrogens is 1. The first-order chi connectivity index (χ1) is 8.79. The van der Waals surface area contributed by atoms with E-state index in [1.807, 2.05) is 43.3 Å². The van der Waals surface area contributed by atoms with Crippen LogP contribution in [0.5, 0.6) is 0 Å². The van der Waals surface area contributed by atoms with Crippen molar-refractivity contribution in [1.29, 1.82) is 0 Å². The third-order valence-electron chi connectivity index (χ3n) is 2.49. The molecule has 18 heavy (non-hydrogen) atoms. The van der Waals surface area contributed by atoms with Crippen molar-refractivity contribution in [2.75, 3.05) is 11.9 Å². The lowest BCUT2D eigenvalue weighted by molar-refractivity contribution is 0.252. The van der Waals surface area contributed by atoms with Gasteiger partial charge in [0.2, 0.25) is 0 Å². The summed E-state index contributed by atoms with van der Waals surface area (Å²) in [4.78, 5) is 15.3. The van der Waals surface area contributed by atoms with Crippen molar-refractivity contribution in [2.24, 2.45) is 0 Å². The molecular formula is C14H15N3O. The minimum Gasteiger partial charge on any atom is -0.338 e. The van der Waals surface area contributed by atoms with Crippen molar-refractivity contribution in [3.8, 4) is 11.1 Å². The number of carbonyl (C=O) groups excluding carboxylic acids is 1. The molecule has 0 unspecified atom stereocenters. The summed E-state index contributed by atoms with van der Waals surface area (Å²) >= 11 is 0. The first kappa shape index (κ1) is 12.1. The smallest absolute Gasteiger partial charge is 0.319 e. The number of carbonyl (C=O) groups is 1. The van der Waals surface area contributed by atoms with E-state index in [-0.39, 0.29) is 6.03 Å². The summed E-state index contributed by atoms with van der Waals surface area (Å²) < 4.78 is 0. The maximum atomic E-state index is 11.3. The molecule has 1 heterocycles. The van der Waals surface area contributed by atoms with Crippen LogP contribution < -0.4 is 10.6 Å². The number of nitrogens with one attached hydrogen (secondary N) is 2. The van der Waals surface area contributed by atoms with Gasteiger partial charge in [-0.15, -0.1) is 0 Å². The van der Waals surface area contributed by atoms with Crippen LogP contribution in [0.1, 0.15) is 6.92 Å². The zero-order valence-corrected chi connectivity index (χ0v) is 10.2. The molecule has 0 spiro atoms. The van der Waals surface area contributed by atoms with E-state index < -0.39 is 0 Å². The van der Waals surface area contributed by atoms with Crippen molar-refractivity contribution in [2.45, 2.75) is 6.92 Å². The predicted molar refractivity (Wildman–Crippen MR) is 72.4 cm³/mol. The van der Waals surface area contributed by atoms with Gasteiger partial charge in [0.05, 0.1) is 0 Å². The van der Waals surface area contributed by atoms with Gasteiger partial charge in [-0.05, 0) is 42.3 Å². The summed E-state index contributed by atoms with van der Waals surface area (Å²) in [6.07, 6.45) is 3.52. The Hall–Kier alpha value is -2.36. The van der Waals surface area contributed by atoms with Crippen molar-refractivity contribution < 1.29 is 4.79 Å². The van der Waals surface area contributed by atoms with E-state index in [1.54, 1.807) is 12.4 Å². The normalized spacial score (nSPS) is 9.83.